The zero-order valence-corrected chi connectivity index (χ0v) is 13.1. The Hall–Kier alpha value is -2.03. The van der Waals surface area contributed by atoms with Crippen molar-refractivity contribution in [3.63, 3.8) is 0 Å². The molecule has 0 saturated carbocycles. The Morgan fingerprint density at radius 1 is 1.33 bits per heavy atom. The van der Waals surface area contributed by atoms with Crippen molar-refractivity contribution in [1.29, 1.82) is 0 Å². The minimum Gasteiger partial charge on any atom is -0.466 e. The summed E-state index contributed by atoms with van der Waals surface area (Å²) in [5.74, 6) is 6.74. The minimum atomic E-state index is -0.150. The smallest absolute Gasteiger partial charge is 0.255 e. The van der Waals surface area contributed by atoms with Crippen LogP contribution in [0.1, 0.15) is 37.2 Å². The number of aryl methyl sites for hydroxylation is 2. The van der Waals surface area contributed by atoms with Gasteiger partial charge in [0.1, 0.15) is 18.1 Å². The molecule has 2 heterocycles. The lowest BCUT2D eigenvalue weighted by Gasteiger charge is -2.03. The standard InChI is InChI=1S/C16H17NO3S/c1-10-11(2)20-12(3)15(10)16(19)17-9-14-7-6-13(21-14)5-4-8-18/h6-7,18H,8-9H2,1-3H3,(H,17,19). The highest BCUT2D eigenvalue weighted by Crippen LogP contribution is 2.21. The first-order valence-electron chi connectivity index (χ1n) is 6.56. The molecule has 1 amide bonds. The molecule has 0 spiro atoms. The van der Waals surface area contributed by atoms with Gasteiger partial charge in [0.15, 0.2) is 0 Å². The highest BCUT2D eigenvalue weighted by molar-refractivity contribution is 7.12. The summed E-state index contributed by atoms with van der Waals surface area (Å²) in [6.07, 6.45) is 0. The normalized spacial score (nSPS) is 10.1. The average molecular weight is 303 g/mol. The summed E-state index contributed by atoms with van der Waals surface area (Å²) >= 11 is 1.50. The maximum atomic E-state index is 12.2. The number of hydrogen-bond acceptors (Lipinski definition) is 4. The van der Waals surface area contributed by atoms with E-state index in [0.717, 1.165) is 21.1 Å². The maximum Gasteiger partial charge on any atom is 0.255 e. The molecule has 21 heavy (non-hydrogen) atoms. The van der Waals surface area contributed by atoms with Crippen LogP contribution < -0.4 is 5.32 Å². The molecule has 5 heteroatoms. The molecule has 0 aliphatic carbocycles. The van der Waals surface area contributed by atoms with Gasteiger partial charge in [-0.1, -0.05) is 11.8 Å². The lowest BCUT2D eigenvalue weighted by Crippen LogP contribution is -2.23. The molecule has 110 valence electrons. The van der Waals surface area contributed by atoms with Crippen LogP contribution in [0, 0.1) is 32.6 Å². The molecule has 0 saturated heterocycles. The summed E-state index contributed by atoms with van der Waals surface area (Å²) < 4.78 is 5.47. The fourth-order valence-electron chi connectivity index (χ4n) is 2.05. The van der Waals surface area contributed by atoms with Crippen molar-refractivity contribution < 1.29 is 14.3 Å². The van der Waals surface area contributed by atoms with E-state index < -0.39 is 0 Å². The molecule has 2 aromatic rings. The molecule has 0 radical (unpaired) electrons. The van der Waals surface area contributed by atoms with Crippen LogP contribution >= 0.6 is 11.3 Å². The molecule has 2 aromatic heterocycles. The van der Waals surface area contributed by atoms with Crippen LogP contribution in [0.5, 0.6) is 0 Å². The monoisotopic (exact) mass is 303 g/mol. The van der Waals surface area contributed by atoms with Crippen LogP contribution in [-0.4, -0.2) is 17.6 Å². The number of aliphatic hydroxyl groups excluding tert-OH is 1. The van der Waals surface area contributed by atoms with Crippen molar-refractivity contribution in [3.8, 4) is 11.8 Å². The zero-order valence-electron chi connectivity index (χ0n) is 12.2. The molecule has 4 nitrogen and oxygen atoms in total. The quantitative estimate of drug-likeness (QED) is 0.857. The number of rotatable bonds is 3. The van der Waals surface area contributed by atoms with Crippen LogP contribution in [0.3, 0.4) is 0 Å². The molecule has 0 aliphatic rings. The van der Waals surface area contributed by atoms with E-state index >= 15 is 0 Å². The van der Waals surface area contributed by atoms with Gasteiger partial charge in [0, 0.05) is 10.4 Å². The van der Waals surface area contributed by atoms with E-state index in [0.29, 0.717) is 17.9 Å². The Morgan fingerprint density at radius 3 is 2.71 bits per heavy atom. The predicted molar refractivity (Wildman–Crippen MR) is 82.4 cm³/mol. The van der Waals surface area contributed by atoms with E-state index in [1.54, 1.807) is 6.92 Å². The number of hydrogen-bond donors (Lipinski definition) is 2. The summed E-state index contributed by atoms with van der Waals surface area (Å²) in [6.45, 7) is 5.83. The van der Waals surface area contributed by atoms with Crippen LogP contribution in [0.2, 0.25) is 0 Å². The first-order chi connectivity index (χ1) is 10.0. The first kappa shape index (κ1) is 15.4. The van der Waals surface area contributed by atoms with E-state index in [4.69, 9.17) is 9.52 Å². The second-order valence-corrected chi connectivity index (χ2v) is 5.79. The summed E-state index contributed by atoms with van der Waals surface area (Å²) in [6, 6.07) is 3.81. The minimum absolute atomic E-state index is 0.127. The van der Waals surface area contributed by atoms with E-state index in [2.05, 4.69) is 17.2 Å². The topological polar surface area (TPSA) is 62.5 Å². The van der Waals surface area contributed by atoms with Gasteiger partial charge in [0.05, 0.1) is 17.0 Å². The number of nitrogens with one attached hydrogen (secondary N) is 1. The number of carbonyl (C=O) groups excluding carboxylic acids is 1. The molecular formula is C16H17NO3S. The Morgan fingerprint density at radius 2 is 2.10 bits per heavy atom. The number of aliphatic hydroxyl groups is 1. The van der Waals surface area contributed by atoms with E-state index in [9.17, 15) is 4.79 Å². The Balaban J connectivity index is 2.02. The molecule has 0 fully saturated rings. The van der Waals surface area contributed by atoms with Crippen molar-refractivity contribution in [1.82, 2.24) is 5.32 Å². The number of furan rings is 1. The summed E-state index contributed by atoms with van der Waals surface area (Å²) in [5, 5.41) is 11.5. The van der Waals surface area contributed by atoms with Gasteiger partial charge in [-0.15, -0.1) is 11.3 Å². The second-order valence-electron chi connectivity index (χ2n) is 4.62. The lowest BCUT2D eigenvalue weighted by atomic mass is 10.1. The Kier molecular flexibility index (Phi) is 4.84. The second kappa shape index (κ2) is 6.61. The van der Waals surface area contributed by atoms with Gasteiger partial charge in [0.25, 0.3) is 5.91 Å². The van der Waals surface area contributed by atoms with Gasteiger partial charge in [-0.2, -0.15) is 0 Å². The Bertz CT molecular complexity index is 716. The van der Waals surface area contributed by atoms with Crippen LogP contribution in [0.15, 0.2) is 16.5 Å². The van der Waals surface area contributed by atoms with E-state index in [1.165, 1.54) is 11.3 Å². The maximum absolute atomic E-state index is 12.2. The molecule has 0 aliphatic heterocycles. The number of amides is 1. The van der Waals surface area contributed by atoms with Crippen LogP contribution in [0.25, 0.3) is 0 Å². The largest absolute Gasteiger partial charge is 0.466 e. The third kappa shape index (κ3) is 3.54. The van der Waals surface area contributed by atoms with Gasteiger partial charge < -0.3 is 14.8 Å². The summed E-state index contributed by atoms with van der Waals surface area (Å²) in [7, 11) is 0. The fraction of sp³-hybridized carbons (Fsp3) is 0.312. The summed E-state index contributed by atoms with van der Waals surface area (Å²) in [5.41, 5.74) is 1.50. The van der Waals surface area contributed by atoms with Gasteiger partial charge in [-0.3, -0.25) is 4.79 Å². The molecule has 0 aromatic carbocycles. The van der Waals surface area contributed by atoms with Gasteiger partial charge >= 0.3 is 0 Å². The predicted octanol–water partition coefficient (Wildman–Crippen LogP) is 2.54. The van der Waals surface area contributed by atoms with Gasteiger partial charge in [-0.05, 0) is 32.9 Å². The molecule has 0 unspecified atom stereocenters. The van der Waals surface area contributed by atoms with E-state index in [-0.39, 0.29) is 12.5 Å². The number of thiophene rings is 1. The van der Waals surface area contributed by atoms with Crippen LogP contribution in [0.4, 0.5) is 0 Å². The lowest BCUT2D eigenvalue weighted by molar-refractivity contribution is 0.0949. The molecule has 0 bridgehead atoms. The molecular weight excluding hydrogens is 286 g/mol. The van der Waals surface area contributed by atoms with Crippen molar-refractivity contribution >= 4 is 17.2 Å². The molecule has 0 atom stereocenters. The fourth-order valence-corrected chi connectivity index (χ4v) is 2.87. The van der Waals surface area contributed by atoms with Crippen molar-refractivity contribution in [2.24, 2.45) is 0 Å². The van der Waals surface area contributed by atoms with Gasteiger partial charge in [0.2, 0.25) is 0 Å². The average Bonchev–Trinajstić information content (AvgIpc) is 2.99. The number of carbonyl (C=O) groups is 1. The Labute approximate surface area is 127 Å². The third-order valence-corrected chi connectivity index (χ3v) is 4.16. The highest BCUT2D eigenvalue weighted by Gasteiger charge is 2.18. The van der Waals surface area contributed by atoms with Gasteiger partial charge in [-0.25, -0.2) is 0 Å². The van der Waals surface area contributed by atoms with Crippen LogP contribution in [-0.2, 0) is 6.54 Å². The summed E-state index contributed by atoms with van der Waals surface area (Å²) in [4.78, 5) is 14.1. The zero-order chi connectivity index (χ0) is 15.4. The third-order valence-electron chi connectivity index (χ3n) is 3.16. The van der Waals surface area contributed by atoms with Crippen molar-refractivity contribution in [2.75, 3.05) is 6.61 Å². The van der Waals surface area contributed by atoms with Crippen molar-refractivity contribution in [3.05, 3.63) is 44.5 Å². The molecule has 2 rings (SSSR count). The first-order valence-corrected chi connectivity index (χ1v) is 7.37. The molecule has 2 N–H and O–H groups in total. The van der Waals surface area contributed by atoms with E-state index in [1.807, 2.05) is 26.0 Å². The highest BCUT2D eigenvalue weighted by atomic mass is 32.1. The SMILES string of the molecule is Cc1oc(C)c(C(=O)NCc2ccc(C#CCO)s2)c1C. The van der Waals surface area contributed by atoms with Crippen molar-refractivity contribution in [2.45, 2.75) is 27.3 Å².